The lowest BCUT2D eigenvalue weighted by atomic mass is 10.1. The summed E-state index contributed by atoms with van der Waals surface area (Å²) in [6, 6.07) is 8.52. The SMILES string of the molecule is O=C(COC(=O)[C@H]1CC(=O)N(NC(=O)c2ccc([N+](=O)[O-])cc2)C1)Nc1cccc(C(F)(F)F)c1. The molecule has 2 N–H and O–H groups in total. The van der Waals surface area contributed by atoms with Crippen LogP contribution in [0.4, 0.5) is 24.5 Å². The van der Waals surface area contributed by atoms with Gasteiger partial charge in [-0.15, -0.1) is 0 Å². The number of anilines is 1. The minimum absolute atomic E-state index is 0.0423. The molecular weight excluding hydrogens is 477 g/mol. The Morgan fingerprint density at radius 1 is 1.14 bits per heavy atom. The first-order chi connectivity index (χ1) is 16.4. The number of alkyl halides is 3. The van der Waals surface area contributed by atoms with Gasteiger partial charge in [-0.25, -0.2) is 0 Å². The Bertz CT molecular complexity index is 1170. The molecule has 0 spiro atoms. The van der Waals surface area contributed by atoms with Crippen molar-refractivity contribution in [2.45, 2.75) is 12.6 Å². The maximum atomic E-state index is 12.8. The summed E-state index contributed by atoms with van der Waals surface area (Å²) in [6.45, 7) is -1.04. The summed E-state index contributed by atoms with van der Waals surface area (Å²) >= 11 is 0. The van der Waals surface area contributed by atoms with Crippen molar-refractivity contribution in [2.75, 3.05) is 18.5 Å². The standard InChI is InChI=1S/C21H17F3N4O7/c22-21(23,24)14-2-1-3-15(9-14)25-17(29)11-35-20(32)13-8-18(30)27(10-13)26-19(31)12-4-6-16(7-5-12)28(33)34/h1-7,9,13H,8,10-11H2,(H,25,29)(H,26,31)/t13-/m0/s1. The van der Waals surface area contributed by atoms with Crippen LogP contribution in [0.25, 0.3) is 0 Å². The van der Waals surface area contributed by atoms with E-state index in [1.54, 1.807) is 0 Å². The average Bonchev–Trinajstić information content (AvgIpc) is 3.17. The molecule has 1 aliphatic rings. The smallest absolute Gasteiger partial charge is 0.416 e. The van der Waals surface area contributed by atoms with Gasteiger partial charge in [-0.1, -0.05) is 6.07 Å². The summed E-state index contributed by atoms with van der Waals surface area (Å²) in [5.74, 6) is -4.13. The number of hydrogen-bond donors (Lipinski definition) is 2. The summed E-state index contributed by atoms with van der Waals surface area (Å²) in [6.07, 6.45) is -4.91. The number of benzene rings is 2. The van der Waals surface area contributed by atoms with E-state index in [2.05, 4.69) is 10.7 Å². The molecule has 0 aromatic heterocycles. The molecule has 0 aliphatic carbocycles. The number of hydrogen-bond acceptors (Lipinski definition) is 7. The maximum absolute atomic E-state index is 12.8. The van der Waals surface area contributed by atoms with Crippen LogP contribution in [0.2, 0.25) is 0 Å². The van der Waals surface area contributed by atoms with Crippen molar-refractivity contribution in [1.29, 1.82) is 0 Å². The molecule has 1 atom stereocenters. The van der Waals surface area contributed by atoms with Crippen molar-refractivity contribution in [1.82, 2.24) is 10.4 Å². The van der Waals surface area contributed by atoms with E-state index in [1.807, 2.05) is 0 Å². The number of esters is 1. The molecule has 0 bridgehead atoms. The lowest BCUT2D eigenvalue weighted by Gasteiger charge is -2.17. The molecule has 1 saturated heterocycles. The zero-order valence-electron chi connectivity index (χ0n) is 17.7. The number of nitrogens with zero attached hydrogens (tertiary/aromatic N) is 2. The monoisotopic (exact) mass is 494 g/mol. The molecule has 14 heteroatoms. The summed E-state index contributed by atoms with van der Waals surface area (Å²) in [4.78, 5) is 58.6. The molecule has 2 aromatic carbocycles. The number of halogens is 3. The third-order valence-corrected chi connectivity index (χ3v) is 4.85. The topological polar surface area (TPSA) is 148 Å². The van der Waals surface area contributed by atoms with Crippen LogP contribution < -0.4 is 10.7 Å². The molecule has 11 nitrogen and oxygen atoms in total. The lowest BCUT2D eigenvalue weighted by Crippen LogP contribution is -2.43. The molecule has 0 unspecified atom stereocenters. The van der Waals surface area contributed by atoms with Gasteiger partial charge in [0, 0.05) is 29.8 Å². The zero-order chi connectivity index (χ0) is 25.8. The predicted molar refractivity (Wildman–Crippen MR) is 111 cm³/mol. The molecule has 1 aliphatic heterocycles. The Morgan fingerprint density at radius 2 is 1.83 bits per heavy atom. The molecule has 2 aromatic rings. The maximum Gasteiger partial charge on any atom is 0.416 e. The Balaban J connectivity index is 1.49. The number of nitrogens with one attached hydrogen (secondary N) is 2. The number of non-ortho nitro benzene ring substituents is 1. The lowest BCUT2D eigenvalue weighted by molar-refractivity contribution is -0.384. The predicted octanol–water partition coefficient (Wildman–Crippen LogP) is 2.29. The van der Waals surface area contributed by atoms with Gasteiger partial charge in [-0.05, 0) is 30.3 Å². The molecule has 0 radical (unpaired) electrons. The zero-order valence-corrected chi connectivity index (χ0v) is 17.7. The summed E-state index contributed by atoms with van der Waals surface area (Å²) < 4.78 is 43.1. The molecule has 35 heavy (non-hydrogen) atoms. The summed E-state index contributed by atoms with van der Waals surface area (Å²) in [5.41, 5.74) is 1.00. The van der Waals surface area contributed by atoms with Gasteiger partial charge in [-0.2, -0.15) is 13.2 Å². The first-order valence-corrected chi connectivity index (χ1v) is 9.93. The molecule has 0 saturated carbocycles. The first-order valence-electron chi connectivity index (χ1n) is 9.93. The normalized spacial score (nSPS) is 15.5. The van der Waals surface area contributed by atoms with Gasteiger partial charge in [0.2, 0.25) is 5.91 Å². The first kappa shape index (κ1) is 25.1. The number of hydrazine groups is 1. The number of ether oxygens (including phenoxy) is 1. The fourth-order valence-corrected chi connectivity index (χ4v) is 3.12. The molecular formula is C21H17F3N4O7. The number of carbonyl (C=O) groups is 4. The van der Waals surface area contributed by atoms with E-state index < -0.39 is 52.9 Å². The van der Waals surface area contributed by atoms with Gasteiger partial charge < -0.3 is 10.1 Å². The number of nitro benzene ring substituents is 1. The number of nitro groups is 1. The summed E-state index contributed by atoms with van der Waals surface area (Å²) in [7, 11) is 0. The minimum Gasteiger partial charge on any atom is -0.455 e. The molecule has 3 rings (SSSR count). The van der Waals surface area contributed by atoms with Crippen molar-refractivity contribution in [3.63, 3.8) is 0 Å². The van der Waals surface area contributed by atoms with Crippen LogP contribution in [-0.4, -0.2) is 46.8 Å². The second kappa shape index (κ2) is 10.2. The van der Waals surface area contributed by atoms with E-state index in [9.17, 15) is 42.5 Å². The van der Waals surface area contributed by atoms with E-state index >= 15 is 0 Å². The van der Waals surface area contributed by atoms with E-state index in [4.69, 9.17) is 4.74 Å². The second-order valence-corrected chi connectivity index (χ2v) is 7.38. The highest BCUT2D eigenvalue weighted by atomic mass is 19.4. The van der Waals surface area contributed by atoms with Gasteiger partial charge in [0.05, 0.1) is 22.9 Å². The van der Waals surface area contributed by atoms with Crippen molar-refractivity contribution in [3.05, 3.63) is 69.8 Å². The van der Waals surface area contributed by atoms with Crippen molar-refractivity contribution in [3.8, 4) is 0 Å². The Hall–Kier alpha value is -4.49. The molecule has 1 heterocycles. The van der Waals surface area contributed by atoms with E-state index in [-0.39, 0.29) is 29.9 Å². The number of amides is 3. The minimum atomic E-state index is -4.60. The Morgan fingerprint density at radius 3 is 2.46 bits per heavy atom. The van der Waals surface area contributed by atoms with Gasteiger partial charge in [-0.3, -0.25) is 39.7 Å². The third-order valence-electron chi connectivity index (χ3n) is 4.85. The number of carbonyl (C=O) groups excluding carboxylic acids is 4. The Kier molecular flexibility index (Phi) is 7.32. The van der Waals surface area contributed by atoms with Crippen LogP contribution in [0, 0.1) is 16.0 Å². The van der Waals surface area contributed by atoms with E-state index in [0.29, 0.717) is 0 Å². The third kappa shape index (κ3) is 6.52. The van der Waals surface area contributed by atoms with Gasteiger partial charge in [0.1, 0.15) is 0 Å². The van der Waals surface area contributed by atoms with Crippen LogP contribution in [0.15, 0.2) is 48.5 Å². The number of rotatable bonds is 7. The van der Waals surface area contributed by atoms with Crippen LogP contribution in [0.1, 0.15) is 22.3 Å². The summed E-state index contributed by atoms with van der Waals surface area (Å²) in [5, 5.41) is 13.8. The second-order valence-electron chi connectivity index (χ2n) is 7.38. The fourth-order valence-electron chi connectivity index (χ4n) is 3.12. The quantitative estimate of drug-likeness (QED) is 0.341. The van der Waals surface area contributed by atoms with Crippen molar-refractivity contribution in [2.24, 2.45) is 5.92 Å². The van der Waals surface area contributed by atoms with Crippen molar-refractivity contribution < 1.29 is 42.0 Å². The molecule has 3 amide bonds. The molecule has 1 fully saturated rings. The van der Waals surface area contributed by atoms with Gasteiger partial charge in [0.15, 0.2) is 6.61 Å². The van der Waals surface area contributed by atoms with Gasteiger partial charge in [0.25, 0.3) is 17.5 Å². The van der Waals surface area contributed by atoms with E-state index in [0.717, 1.165) is 35.3 Å². The van der Waals surface area contributed by atoms with Crippen LogP contribution in [0.3, 0.4) is 0 Å². The highest BCUT2D eigenvalue weighted by molar-refractivity contribution is 5.97. The van der Waals surface area contributed by atoms with E-state index in [1.165, 1.54) is 18.2 Å². The fraction of sp³-hybridized carbons (Fsp3) is 0.238. The average molecular weight is 494 g/mol. The van der Waals surface area contributed by atoms with Crippen LogP contribution in [-0.2, 0) is 25.3 Å². The van der Waals surface area contributed by atoms with Crippen LogP contribution >= 0.6 is 0 Å². The van der Waals surface area contributed by atoms with Crippen molar-refractivity contribution >= 4 is 35.1 Å². The molecule has 184 valence electrons. The van der Waals surface area contributed by atoms with Gasteiger partial charge >= 0.3 is 12.1 Å². The highest BCUT2D eigenvalue weighted by Crippen LogP contribution is 2.30. The van der Waals surface area contributed by atoms with Crippen LogP contribution in [0.5, 0.6) is 0 Å². The Labute approximate surface area is 195 Å². The largest absolute Gasteiger partial charge is 0.455 e. The highest BCUT2D eigenvalue weighted by Gasteiger charge is 2.37.